The first-order chi connectivity index (χ1) is 11.4. The molecule has 0 unspecified atom stereocenters. The number of rotatable bonds is 4. The Balaban J connectivity index is 2.58. The quantitative estimate of drug-likeness (QED) is 0.474. The summed E-state index contributed by atoms with van der Waals surface area (Å²) in [6.07, 6.45) is -4.96. The summed E-state index contributed by atoms with van der Waals surface area (Å²) in [6, 6.07) is 6.06. The summed E-state index contributed by atoms with van der Waals surface area (Å²) in [5.74, 6) is -0.891. The molecule has 0 amide bonds. The van der Waals surface area contributed by atoms with Gasteiger partial charge >= 0.3 is 16.3 Å². The van der Waals surface area contributed by atoms with Crippen LogP contribution in [-0.2, 0) is 16.3 Å². The lowest BCUT2D eigenvalue weighted by Gasteiger charge is -2.15. The number of ketones is 1. The van der Waals surface area contributed by atoms with Crippen LogP contribution >= 0.6 is 27.5 Å². The standard InChI is InChI=1S/C15H9BrClF3O4S/c1-8(21)11-6-9(16)2-4-13(11)24-25(22,23)14-5-3-10(17)7-12(14)15(18,19)20/h2-7H,1H3. The minimum absolute atomic E-state index is 0.0968. The lowest BCUT2D eigenvalue weighted by atomic mass is 10.1. The number of hydrogen-bond acceptors (Lipinski definition) is 4. The zero-order chi connectivity index (χ0) is 19.0. The Bertz CT molecular complexity index is 942. The molecule has 0 aliphatic heterocycles. The minimum atomic E-state index is -4.96. The van der Waals surface area contributed by atoms with Crippen LogP contribution in [0.25, 0.3) is 0 Å². The molecule has 0 N–H and O–H groups in total. The Morgan fingerprint density at radius 1 is 1.16 bits per heavy atom. The van der Waals surface area contributed by atoms with Crippen molar-refractivity contribution in [2.24, 2.45) is 0 Å². The van der Waals surface area contributed by atoms with E-state index >= 15 is 0 Å². The maximum atomic E-state index is 13.1. The second-order valence-electron chi connectivity index (χ2n) is 4.87. The summed E-state index contributed by atoms with van der Waals surface area (Å²) >= 11 is 8.65. The molecule has 2 aromatic rings. The van der Waals surface area contributed by atoms with E-state index in [4.69, 9.17) is 15.8 Å². The van der Waals surface area contributed by atoms with Crippen LogP contribution in [-0.4, -0.2) is 14.2 Å². The van der Waals surface area contributed by atoms with E-state index in [-0.39, 0.29) is 16.3 Å². The number of benzene rings is 2. The van der Waals surface area contributed by atoms with Crippen molar-refractivity contribution in [1.29, 1.82) is 0 Å². The van der Waals surface area contributed by atoms with E-state index in [9.17, 15) is 26.4 Å². The van der Waals surface area contributed by atoms with Crippen LogP contribution in [0.4, 0.5) is 13.2 Å². The van der Waals surface area contributed by atoms with E-state index in [1.807, 2.05) is 0 Å². The van der Waals surface area contributed by atoms with E-state index in [2.05, 4.69) is 15.9 Å². The summed E-state index contributed by atoms with van der Waals surface area (Å²) in [6.45, 7) is 1.17. The predicted octanol–water partition coefficient (Wildman–Crippen LogP) is 5.09. The van der Waals surface area contributed by atoms with Crippen LogP contribution in [0.5, 0.6) is 5.75 Å². The van der Waals surface area contributed by atoms with Gasteiger partial charge in [-0.1, -0.05) is 27.5 Å². The van der Waals surface area contributed by atoms with Crippen LogP contribution in [0.2, 0.25) is 5.02 Å². The molecular formula is C15H9BrClF3O4S. The summed E-state index contributed by atoms with van der Waals surface area (Å²) in [7, 11) is -4.86. The molecule has 134 valence electrons. The largest absolute Gasteiger partial charge is 0.417 e. The molecule has 0 heterocycles. The van der Waals surface area contributed by atoms with Crippen molar-refractivity contribution in [2.75, 3.05) is 0 Å². The summed E-state index contributed by atoms with van der Waals surface area (Å²) in [5, 5.41) is -0.278. The highest BCUT2D eigenvalue weighted by Gasteiger charge is 2.38. The molecule has 10 heteroatoms. The fraction of sp³-hybridized carbons (Fsp3) is 0.133. The Kier molecular flexibility index (Phi) is 5.50. The van der Waals surface area contributed by atoms with Crippen LogP contribution in [0.15, 0.2) is 45.8 Å². The Labute approximate surface area is 154 Å². The molecule has 0 aliphatic rings. The van der Waals surface area contributed by atoms with Crippen molar-refractivity contribution < 1.29 is 30.6 Å². The second-order valence-corrected chi connectivity index (χ2v) is 7.74. The van der Waals surface area contributed by atoms with Crippen molar-refractivity contribution in [2.45, 2.75) is 18.0 Å². The number of alkyl halides is 3. The molecule has 0 atom stereocenters. The Hall–Kier alpha value is -1.58. The molecule has 0 bridgehead atoms. The van der Waals surface area contributed by atoms with Crippen molar-refractivity contribution in [1.82, 2.24) is 0 Å². The van der Waals surface area contributed by atoms with Gasteiger partial charge in [-0.05, 0) is 43.3 Å². The molecule has 0 aliphatic carbocycles. The van der Waals surface area contributed by atoms with Crippen LogP contribution < -0.4 is 4.18 Å². The molecule has 2 rings (SSSR count). The third kappa shape index (κ3) is 4.53. The molecule has 0 aromatic heterocycles. The lowest BCUT2D eigenvalue weighted by molar-refractivity contribution is -0.139. The average molecular weight is 458 g/mol. The predicted molar refractivity (Wildman–Crippen MR) is 88.4 cm³/mol. The molecule has 25 heavy (non-hydrogen) atoms. The van der Waals surface area contributed by atoms with Gasteiger partial charge in [-0.25, -0.2) is 0 Å². The maximum Gasteiger partial charge on any atom is 0.417 e. The van der Waals surface area contributed by atoms with Gasteiger partial charge in [0.05, 0.1) is 11.1 Å². The van der Waals surface area contributed by atoms with Gasteiger partial charge in [0.15, 0.2) is 11.5 Å². The number of halogens is 5. The lowest BCUT2D eigenvalue weighted by Crippen LogP contribution is -2.18. The number of Topliss-reactive ketones (excluding diaryl/α,β-unsaturated/α-hetero) is 1. The van der Waals surface area contributed by atoms with Crippen LogP contribution in [0.3, 0.4) is 0 Å². The van der Waals surface area contributed by atoms with Crippen molar-refractivity contribution >= 4 is 43.4 Å². The van der Waals surface area contributed by atoms with Crippen molar-refractivity contribution in [3.05, 3.63) is 57.0 Å². The first-order valence-corrected chi connectivity index (χ1v) is 9.11. The zero-order valence-corrected chi connectivity index (χ0v) is 15.6. The van der Waals surface area contributed by atoms with Gasteiger partial charge in [-0.2, -0.15) is 21.6 Å². The van der Waals surface area contributed by atoms with Gasteiger partial charge in [0.1, 0.15) is 4.90 Å². The van der Waals surface area contributed by atoms with Crippen LogP contribution in [0.1, 0.15) is 22.8 Å². The van der Waals surface area contributed by atoms with E-state index < -0.39 is 32.5 Å². The normalized spacial score (nSPS) is 12.1. The van der Waals surface area contributed by atoms with Gasteiger partial charge in [0.2, 0.25) is 0 Å². The first kappa shape index (κ1) is 19.7. The van der Waals surface area contributed by atoms with Gasteiger partial charge < -0.3 is 4.18 Å². The van der Waals surface area contributed by atoms with E-state index in [1.165, 1.54) is 25.1 Å². The molecule has 0 fully saturated rings. The van der Waals surface area contributed by atoms with Crippen molar-refractivity contribution in [3.63, 3.8) is 0 Å². The third-order valence-electron chi connectivity index (χ3n) is 3.04. The topological polar surface area (TPSA) is 60.4 Å². The molecule has 0 spiro atoms. The SMILES string of the molecule is CC(=O)c1cc(Br)ccc1OS(=O)(=O)c1ccc(Cl)cc1C(F)(F)F. The number of carbonyl (C=O) groups excluding carboxylic acids is 1. The molecule has 0 radical (unpaired) electrons. The fourth-order valence-electron chi connectivity index (χ4n) is 1.95. The van der Waals surface area contributed by atoms with Crippen molar-refractivity contribution in [3.8, 4) is 5.75 Å². The summed E-state index contributed by atoms with van der Waals surface area (Å²) < 4.78 is 69.3. The smallest absolute Gasteiger partial charge is 0.378 e. The average Bonchev–Trinajstić information content (AvgIpc) is 2.47. The Morgan fingerprint density at radius 2 is 1.80 bits per heavy atom. The molecular weight excluding hydrogens is 449 g/mol. The monoisotopic (exact) mass is 456 g/mol. The van der Waals surface area contributed by atoms with E-state index in [0.717, 1.165) is 6.07 Å². The highest BCUT2D eigenvalue weighted by atomic mass is 79.9. The molecule has 0 saturated heterocycles. The summed E-state index contributed by atoms with van der Waals surface area (Å²) in [5.41, 5.74) is -1.55. The highest BCUT2D eigenvalue weighted by Crippen LogP contribution is 2.37. The third-order valence-corrected chi connectivity index (χ3v) is 5.06. The maximum absolute atomic E-state index is 13.1. The van der Waals surface area contributed by atoms with Gasteiger partial charge in [-0.15, -0.1) is 0 Å². The van der Waals surface area contributed by atoms with Gasteiger partial charge in [0.25, 0.3) is 0 Å². The minimum Gasteiger partial charge on any atom is -0.378 e. The van der Waals surface area contributed by atoms with E-state index in [1.54, 1.807) is 0 Å². The van der Waals surface area contributed by atoms with E-state index in [0.29, 0.717) is 16.6 Å². The van der Waals surface area contributed by atoms with Crippen LogP contribution in [0, 0.1) is 0 Å². The Morgan fingerprint density at radius 3 is 2.36 bits per heavy atom. The highest BCUT2D eigenvalue weighted by molar-refractivity contribution is 9.10. The molecule has 4 nitrogen and oxygen atoms in total. The first-order valence-electron chi connectivity index (χ1n) is 6.53. The molecule has 0 saturated carbocycles. The number of carbonyl (C=O) groups is 1. The fourth-order valence-corrected chi connectivity index (χ4v) is 3.64. The number of hydrogen-bond donors (Lipinski definition) is 0. The zero-order valence-electron chi connectivity index (χ0n) is 12.4. The summed E-state index contributed by atoms with van der Waals surface area (Å²) in [4.78, 5) is 10.5. The second kappa shape index (κ2) is 6.97. The molecule has 2 aromatic carbocycles. The van der Waals surface area contributed by atoms with Gasteiger partial charge in [-0.3, -0.25) is 4.79 Å². The van der Waals surface area contributed by atoms with Gasteiger partial charge in [0, 0.05) is 9.50 Å².